The molecule has 1 amide bonds. The van der Waals surface area contributed by atoms with Gasteiger partial charge in [0.15, 0.2) is 0 Å². The number of hydrogen-bond acceptors (Lipinski definition) is 9. The van der Waals surface area contributed by atoms with E-state index in [0.717, 1.165) is 20.8 Å². The summed E-state index contributed by atoms with van der Waals surface area (Å²) in [5, 5.41) is 7.90. The van der Waals surface area contributed by atoms with E-state index in [9.17, 15) is 4.79 Å². The number of ether oxygens (including phenoxy) is 2. The fraction of sp³-hybridized carbons (Fsp3) is 0.231. The molecule has 37 heavy (non-hydrogen) atoms. The molecule has 4 aromatic rings. The van der Waals surface area contributed by atoms with Crippen molar-refractivity contribution >= 4 is 50.8 Å². The van der Waals surface area contributed by atoms with Gasteiger partial charge in [0.2, 0.25) is 5.88 Å². The van der Waals surface area contributed by atoms with Crippen molar-refractivity contribution in [1.82, 2.24) is 25.2 Å². The second kappa shape index (κ2) is 11.0. The van der Waals surface area contributed by atoms with E-state index in [1.54, 1.807) is 38.5 Å². The lowest BCUT2D eigenvalue weighted by molar-refractivity contribution is 0.0826. The molecule has 188 valence electrons. The number of halogens is 1. The maximum Gasteiger partial charge on any atom is 0.409 e. The van der Waals surface area contributed by atoms with E-state index in [-0.39, 0.29) is 18.2 Å². The Balaban J connectivity index is 1.27. The van der Waals surface area contributed by atoms with Crippen LogP contribution in [0.25, 0.3) is 10.2 Å². The van der Waals surface area contributed by atoms with E-state index in [1.807, 2.05) is 24.3 Å². The monoisotopic (exact) mass is 534 g/mol. The van der Waals surface area contributed by atoms with Gasteiger partial charge in [-0.15, -0.1) is 11.3 Å². The number of hydrogen-bond donors (Lipinski definition) is 2. The molecule has 3 aromatic heterocycles. The average Bonchev–Trinajstić information content (AvgIpc) is 3.52. The largest absolute Gasteiger partial charge is 0.445 e. The molecule has 0 saturated carbocycles. The van der Waals surface area contributed by atoms with Gasteiger partial charge in [0, 0.05) is 45.0 Å². The number of aromatic nitrogens is 3. The van der Waals surface area contributed by atoms with Gasteiger partial charge in [-0.3, -0.25) is 5.32 Å². The first-order valence-electron chi connectivity index (χ1n) is 11.5. The fourth-order valence-electron chi connectivity index (χ4n) is 3.64. The van der Waals surface area contributed by atoms with Crippen LogP contribution in [0.3, 0.4) is 0 Å². The van der Waals surface area contributed by atoms with Crippen LogP contribution in [0.1, 0.15) is 11.3 Å². The van der Waals surface area contributed by atoms with E-state index in [0.29, 0.717) is 35.4 Å². The first-order chi connectivity index (χ1) is 17.9. The Bertz CT molecular complexity index is 1480. The maximum atomic E-state index is 11.8. The number of fused-ring (bicyclic) bond motifs is 1. The SMILES string of the molecule is CN(C)C(=O)O[C@H]1CN[C@H](C#Cc2cc3c(Nc4ccc(Oc5ccccn5)c(Cl)c4)ncnc3s2)C1. The first kappa shape index (κ1) is 24.8. The van der Waals surface area contributed by atoms with E-state index in [4.69, 9.17) is 21.1 Å². The van der Waals surface area contributed by atoms with Crippen LogP contribution in [0.15, 0.2) is 55.0 Å². The first-order valence-corrected chi connectivity index (χ1v) is 12.7. The van der Waals surface area contributed by atoms with Crippen LogP contribution in [0, 0.1) is 11.8 Å². The predicted molar refractivity (Wildman–Crippen MR) is 144 cm³/mol. The van der Waals surface area contributed by atoms with Crippen LogP contribution in [0.4, 0.5) is 16.3 Å². The Hall–Kier alpha value is -3.91. The number of benzene rings is 1. The molecule has 0 unspecified atom stereocenters. The minimum atomic E-state index is -0.347. The van der Waals surface area contributed by atoms with Gasteiger partial charge in [0.05, 0.1) is 21.3 Å². The third-order valence-corrected chi connectivity index (χ3v) is 6.72. The highest BCUT2D eigenvalue weighted by atomic mass is 35.5. The van der Waals surface area contributed by atoms with Gasteiger partial charge in [0.25, 0.3) is 0 Å². The van der Waals surface area contributed by atoms with E-state index in [2.05, 4.69) is 37.4 Å². The lowest BCUT2D eigenvalue weighted by Gasteiger charge is -2.15. The Kier molecular flexibility index (Phi) is 7.37. The topological polar surface area (TPSA) is 102 Å². The van der Waals surface area contributed by atoms with Gasteiger partial charge < -0.3 is 19.7 Å². The molecule has 11 heteroatoms. The van der Waals surface area contributed by atoms with Crippen LogP contribution in [0.5, 0.6) is 11.6 Å². The summed E-state index contributed by atoms with van der Waals surface area (Å²) >= 11 is 7.94. The van der Waals surface area contributed by atoms with E-state index >= 15 is 0 Å². The molecular weight excluding hydrogens is 512 g/mol. The molecule has 2 N–H and O–H groups in total. The molecule has 1 saturated heterocycles. The minimum Gasteiger partial charge on any atom is -0.445 e. The van der Waals surface area contributed by atoms with Gasteiger partial charge >= 0.3 is 6.09 Å². The van der Waals surface area contributed by atoms with Crippen molar-refractivity contribution < 1.29 is 14.3 Å². The smallest absolute Gasteiger partial charge is 0.409 e. The van der Waals surface area contributed by atoms with Crippen LogP contribution in [-0.2, 0) is 4.74 Å². The summed E-state index contributed by atoms with van der Waals surface area (Å²) in [6, 6.07) is 12.7. The molecule has 0 spiro atoms. The average molecular weight is 535 g/mol. The second-order valence-corrected chi connectivity index (χ2v) is 9.90. The normalized spacial score (nSPS) is 16.6. The molecule has 0 radical (unpaired) electrons. The molecule has 0 aliphatic carbocycles. The number of pyridine rings is 1. The zero-order valence-corrected chi connectivity index (χ0v) is 21.6. The number of nitrogens with one attached hydrogen (secondary N) is 2. The summed E-state index contributed by atoms with van der Waals surface area (Å²) in [6.45, 7) is 0.582. The van der Waals surface area contributed by atoms with Crippen molar-refractivity contribution in [1.29, 1.82) is 0 Å². The Morgan fingerprint density at radius 2 is 2.11 bits per heavy atom. The van der Waals surface area contributed by atoms with Gasteiger partial charge in [-0.2, -0.15) is 0 Å². The molecule has 9 nitrogen and oxygen atoms in total. The minimum absolute atomic E-state index is 0.0529. The molecule has 1 aromatic carbocycles. The molecule has 1 aliphatic rings. The van der Waals surface area contributed by atoms with Crippen LogP contribution in [0.2, 0.25) is 5.02 Å². The highest BCUT2D eigenvalue weighted by Gasteiger charge is 2.26. The highest BCUT2D eigenvalue weighted by Crippen LogP contribution is 2.34. The van der Waals surface area contributed by atoms with E-state index < -0.39 is 0 Å². The van der Waals surface area contributed by atoms with E-state index in [1.165, 1.54) is 22.6 Å². The number of carbonyl (C=O) groups is 1. The fourth-order valence-corrected chi connectivity index (χ4v) is 4.72. The summed E-state index contributed by atoms with van der Waals surface area (Å²) in [5.41, 5.74) is 0.755. The van der Waals surface area contributed by atoms with Crippen molar-refractivity contribution in [2.24, 2.45) is 0 Å². The Morgan fingerprint density at radius 1 is 1.22 bits per heavy atom. The number of anilines is 2. The summed E-state index contributed by atoms with van der Waals surface area (Å²) in [5.74, 6) is 8.08. The van der Waals surface area contributed by atoms with Crippen LogP contribution >= 0.6 is 22.9 Å². The van der Waals surface area contributed by atoms with Crippen molar-refractivity contribution in [3.05, 3.63) is 64.9 Å². The molecule has 5 rings (SSSR count). The van der Waals surface area contributed by atoms with Gasteiger partial charge in [-0.1, -0.05) is 29.5 Å². The third-order valence-electron chi connectivity index (χ3n) is 5.47. The number of thiophene rings is 1. The van der Waals surface area contributed by atoms with Crippen LogP contribution < -0.4 is 15.4 Å². The number of carbonyl (C=O) groups excluding carboxylic acids is 1. The summed E-state index contributed by atoms with van der Waals surface area (Å²) in [4.78, 5) is 27.8. The van der Waals surface area contributed by atoms with Crippen molar-refractivity contribution in [2.45, 2.75) is 18.6 Å². The van der Waals surface area contributed by atoms with Gasteiger partial charge in [-0.05, 0) is 30.3 Å². The maximum absolute atomic E-state index is 11.8. The molecular formula is C26H23ClN6O3S. The van der Waals surface area contributed by atoms with Gasteiger partial charge in [-0.25, -0.2) is 19.7 Å². The quantitative estimate of drug-likeness (QED) is 0.343. The summed E-state index contributed by atoms with van der Waals surface area (Å²) < 4.78 is 11.2. The Labute approximate surface area is 222 Å². The molecule has 2 atom stereocenters. The Morgan fingerprint density at radius 3 is 2.89 bits per heavy atom. The van der Waals surface area contributed by atoms with Crippen molar-refractivity contribution in [3.8, 4) is 23.5 Å². The van der Waals surface area contributed by atoms with Crippen molar-refractivity contribution in [3.63, 3.8) is 0 Å². The lowest BCUT2D eigenvalue weighted by atomic mass is 10.2. The molecule has 1 aliphatic heterocycles. The van der Waals surface area contributed by atoms with Crippen LogP contribution in [-0.4, -0.2) is 58.7 Å². The molecule has 4 heterocycles. The third kappa shape index (κ3) is 6.09. The second-order valence-electron chi connectivity index (χ2n) is 8.46. The highest BCUT2D eigenvalue weighted by molar-refractivity contribution is 7.19. The summed E-state index contributed by atoms with van der Waals surface area (Å²) in [7, 11) is 3.33. The lowest BCUT2D eigenvalue weighted by Crippen LogP contribution is -2.29. The zero-order valence-electron chi connectivity index (χ0n) is 20.1. The number of rotatable bonds is 5. The summed E-state index contributed by atoms with van der Waals surface area (Å²) in [6.07, 6.45) is 3.28. The predicted octanol–water partition coefficient (Wildman–Crippen LogP) is 5.06. The molecule has 1 fully saturated rings. The van der Waals surface area contributed by atoms with Crippen molar-refractivity contribution in [2.75, 3.05) is 26.0 Å². The number of nitrogens with zero attached hydrogens (tertiary/aromatic N) is 4. The molecule has 0 bridgehead atoms. The van der Waals surface area contributed by atoms with Gasteiger partial charge in [0.1, 0.15) is 28.8 Å². The zero-order chi connectivity index (χ0) is 25.8. The number of amides is 1. The standard InChI is InChI=1S/C26H23ClN6O3S/c1-33(2)26(34)35-18-11-16(29-14-18)6-8-19-13-20-24(30-15-31-25(20)37-19)32-17-7-9-22(21(27)12-17)36-23-5-3-4-10-28-23/h3-5,7,9-10,12-13,15-16,18,29H,11,14H2,1-2H3,(H,30,31,32)/t16-,18-/m1/s1.